The van der Waals surface area contributed by atoms with Crippen LogP contribution < -0.4 is 10.1 Å². The summed E-state index contributed by atoms with van der Waals surface area (Å²) in [6.07, 6.45) is 3.06. The van der Waals surface area contributed by atoms with E-state index in [2.05, 4.69) is 10.3 Å². The molecule has 0 spiro atoms. The minimum Gasteiger partial charge on any atom is -0.456 e. The summed E-state index contributed by atoms with van der Waals surface area (Å²) in [5.74, 6) is 0.726. The number of halogens is 1. The summed E-state index contributed by atoms with van der Waals surface area (Å²) in [5, 5.41) is 12.2. The van der Waals surface area contributed by atoms with Gasteiger partial charge in [-0.3, -0.25) is 9.78 Å². The molecular weight excluding hydrogens is 338 g/mol. The third-order valence-corrected chi connectivity index (χ3v) is 3.47. The second-order valence-corrected chi connectivity index (χ2v) is 5.55. The molecule has 1 heterocycles. The minimum absolute atomic E-state index is 0.307. The zero-order valence-corrected chi connectivity index (χ0v) is 13.7. The summed E-state index contributed by atoms with van der Waals surface area (Å²) in [7, 11) is 0. The van der Waals surface area contributed by atoms with E-state index in [1.54, 1.807) is 54.7 Å². The van der Waals surface area contributed by atoms with Crippen LogP contribution >= 0.6 is 11.6 Å². The second-order valence-electron chi connectivity index (χ2n) is 5.12. The zero-order valence-electron chi connectivity index (χ0n) is 12.9. The third kappa shape index (κ3) is 4.34. The Morgan fingerprint density at radius 1 is 1.08 bits per heavy atom. The molecule has 1 aromatic heterocycles. The first-order chi connectivity index (χ1) is 12.1. The highest BCUT2D eigenvalue weighted by Crippen LogP contribution is 2.25. The van der Waals surface area contributed by atoms with Crippen molar-refractivity contribution in [3.8, 4) is 17.6 Å². The molecule has 3 aromatic rings. The second kappa shape index (κ2) is 7.47. The Morgan fingerprint density at radius 3 is 2.72 bits per heavy atom. The Bertz CT molecular complexity index is 967. The standard InChI is InChI=1S/C19H12ClN3O2/c20-15-8-18(12-22-11-15)25-17-6-2-5-16(9-17)23-19(24)14-4-1-3-13(7-14)10-21/h1-9,11-12H,(H,23,24). The summed E-state index contributed by atoms with van der Waals surface area (Å²) < 4.78 is 5.68. The maximum atomic E-state index is 12.3. The van der Waals surface area contributed by atoms with E-state index >= 15 is 0 Å². The van der Waals surface area contributed by atoms with Gasteiger partial charge in [-0.1, -0.05) is 23.7 Å². The van der Waals surface area contributed by atoms with Gasteiger partial charge in [0.2, 0.25) is 0 Å². The number of nitrogens with zero attached hydrogens (tertiary/aromatic N) is 2. The monoisotopic (exact) mass is 349 g/mol. The lowest BCUT2D eigenvalue weighted by Crippen LogP contribution is -2.11. The number of pyridine rings is 1. The predicted octanol–water partition coefficient (Wildman–Crippen LogP) is 4.65. The fourth-order valence-electron chi connectivity index (χ4n) is 2.15. The highest BCUT2D eigenvalue weighted by molar-refractivity contribution is 6.30. The smallest absolute Gasteiger partial charge is 0.255 e. The number of carbonyl (C=O) groups excluding carboxylic acids is 1. The first-order valence-corrected chi connectivity index (χ1v) is 7.72. The van der Waals surface area contributed by atoms with Crippen molar-refractivity contribution in [2.75, 3.05) is 5.32 Å². The molecule has 3 rings (SSSR count). The van der Waals surface area contributed by atoms with Crippen molar-refractivity contribution in [2.24, 2.45) is 0 Å². The Kier molecular flexibility index (Phi) is 4.93. The first-order valence-electron chi connectivity index (χ1n) is 7.34. The topological polar surface area (TPSA) is 75.0 Å². The quantitative estimate of drug-likeness (QED) is 0.743. The number of nitrogens with one attached hydrogen (secondary N) is 1. The number of ether oxygens (including phenoxy) is 1. The summed E-state index contributed by atoms with van der Waals surface area (Å²) in [5.41, 5.74) is 1.41. The van der Waals surface area contributed by atoms with Crippen LogP contribution in [0.1, 0.15) is 15.9 Å². The van der Waals surface area contributed by atoms with Crippen LogP contribution in [-0.4, -0.2) is 10.9 Å². The SMILES string of the molecule is N#Cc1cccc(C(=O)Nc2cccc(Oc3cncc(Cl)c3)c2)c1. The minimum atomic E-state index is -0.307. The van der Waals surface area contributed by atoms with E-state index in [0.717, 1.165) is 0 Å². The number of hydrogen-bond donors (Lipinski definition) is 1. The van der Waals surface area contributed by atoms with E-state index in [4.69, 9.17) is 21.6 Å². The van der Waals surface area contributed by atoms with Crippen LogP contribution in [0.4, 0.5) is 5.69 Å². The summed E-state index contributed by atoms with van der Waals surface area (Å²) in [4.78, 5) is 16.3. The molecular formula is C19H12ClN3O2. The van der Waals surface area contributed by atoms with Gasteiger partial charge >= 0.3 is 0 Å². The average molecular weight is 350 g/mol. The van der Waals surface area contributed by atoms with Crippen LogP contribution in [-0.2, 0) is 0 Å². The lowest BCUT2D eigenvalue weighted by Gasteiger charge is -2.09. The maximum Gasteiger partial charge on any atom is 0.255 e. The zero-order chi connectivity index (χ0) is 17.6. The average Bonchev–Trinajstić information content (AvgIpc) is 2.62. The lowest BCUT2D eigenvalue weighted by atomic mass is 10.1. The van der Waals surface area contributed by atoms with E-state index < -0.39 is 0 Å². The largest absolute Gasteiger partial charge is 0.456 e. The van der Waals surface area contributed by atoms with Gasteiger partial charge in [0.1, 0.15) is 11.5 Å². The van der Waals surface area contributed by atoms with Crippen molar-refractivity contribution in [2.45, 2.75) is 0 Å². The normalized spacial score (nSPS) is 9.92. The number of rotatable bonds is 4. The molecule has 0 aliphatic carbocycles. The van der Waals surface area contributed by atoms with Gasteiger partial charge in [0.05, 0.1) is 22.9 Å². The molecule has 1 N–H and O–H groups in total. The van der Waals surface area contributed by atoms with Gasteiger partial charge in [-0.05, 0) is 30.3 Å². The Morgan fingerprint density at radius 2 is 1.92 bits per heavy atom. The van der Waals surface area contributed by atoms with Crippen LogP contribution in [0.25, 0.3) is 0 Å². The van der Waals surface area contributed by atoms with Gasteiger partial charge in [-0.15, -0.1) is 0 Å². The van der Waals surface area contributed by atoms with Gasteiger partial charge in [-0.2, -0.15) is 5.26 Å². The Labute approximate surface area is 149 Å². The molecule has 5 nitrogen and oxygen atoms in total. The molecule has 122 valence electrons. The maximum absolute atomic E-state index is 12.3. The van der Waals surface area contributed by atoms with E-state index in [9.17, 15) is 4.79 Å². The van der Waals surface area contributed by atoms with Crippen LogP contribution in [0.2, 0.25) is 5.02 Å². The van der Waals surface area contributed by atoms with Crippen LogP contribution in [0.5, 0.6) is 11.5 Å². The third-order valence-electron chi connectivity index (χ3n) is 3.26. The van der Waals surface area contributed by atoms with Crippen molar-refractivity contribution < 1.29 is 9.53 Å². The highest BCUT2D eigenvalue weighted by Gasteiger charge is 2.08. The number of aromatic nitrogens is 1. The lowest BCUT2D eigenvalue weighted by molar-refractivity contribution is 0.102. The summed E-state index contributed by atoms with van der Waals surface area (Å²) in [6, 6.07) is 17.1. The van der Waals surface area contributed by atoms with Gasteiger partial charge in [0, 0.05) is 29.6 Å². The fraction of sp³-hybridized carbons (Fsp3) is 0. The van der Waals surface area contributed by atoms with E-state index in [0.29, 0.717) is 33.3 Å². The molecule has 0 aliphatic rings. The molecule has 2 aromatic carbocycles. The molecule has 0 radical (unpaired) electrons. The summed E-state index contributed by atoms with van der Waals surface area (Å²) >= 11 is 5.88. The van der Waals surface area contributed by atoms with Crippen molar-refractivity contribution in [3.05, 3.63) is 83.1 Å². The molecule has 0 aliphatic heterocycles. The van der Waals surface area contributed by atoms with Crippen molar-refractivity contribution in [3.63, 3.8) is 0 Å². The number of benzene rings is 2. The van der Waals surface area contributed by atoms with E-state index in [-0.39, 0.29) is 5.91 Å². The molecule has 0 fully saturated rings. The Balaban J connectivity index is 1.75. The van der Waals surface area contributed by atoms with Gasteiger partial charge in [0.25, 0.3) is 5.91 Å². The molecule has 1 amide bonds. The van der Waals surface area contributed by atoms with E-state index in [1.807, 2.05) is 6.07 Å². The number of amides is 1. The molecule has 6 heteroatoms. The fourth-order valence-corrected chi connectivity index (χ4v) is 2.32. The van der Waals surface area contributed by atoms with Crippen LogP contribution in [0, 0.1) is 11.3 Å². The van der Waals surface area contributed by atoms with Crippen LogP contribution in [0.15, 0.2) is 67.0 Å². The molecule has 0 saturated carbocycles. The predicted molar refractivity (Wildman–Crippen MR) is 94.9 cm³/mol. The van der Waals surface area contributed by atoms with Crippen molar-refractivity contribution in [1.82, 2.24) is 4.98 Å². The molecule has 0 bridgehead atoms. The van der Waals surface area contributed by atoms with Crippen LogP contribution in [0.3, 0.4) is 0 Å². The molecule has 0 saturated heterocycles. The summed E-state index contributed by atoms with van der Waals surface area (Å²) in [6.45, 7) is 0. The number of nitriles is 1. The molecule has 0 unspecified atom stereocenters. The Hall–Kier alpha value is -3.36. The number of anilines is 1. The van der Waals surface area contributed by atoms with Gasteiger partial charge < -0.3 is 10.1 Å². The van der Waals surface area contributed by atoms with Gasteiger partial charge in [-0.25, -0.2) is 0 Å². The van der Waals surface area contributed by atoms with E-state index in [1.165, 1.54) is 12.3 Å². The van der Waals surface area contributed by atoms with Gasteiger partial charge in [0.15, 0.2) is 0 Å². The number of hydrogen-bond acceptors (Lipinski definition) is 4. The molecule has 25 heavy (non-hydrogen) atoms. The van der Waals surface area contributed by atoms with Crippen molar-refractivity contribution in [1.29, 1.82) is 5.26 Å². The van der Waals surface area contributed by atoms with Crippen molar-refractivity contribution >= 4 is 23.2 Å². The highest BCUT2D eigenvalue weighted by atomic mass is 35.5. The first kappa shape index (κ1) is 16.5. The number of carbonyl (C=O) groups is 1. The molecule has 0 atom stereocenters.